The number of thiocarbonyl (C=S) groups is 1. The van der Waals surface area contributed by atoms with Gasteiger partial charge in [0.05, 0.1) is 11.3 Å². The minimum atomic E-state index is 0.278. The number of benzene rings is 1. The van der Waals surface area contributed by atoms with Crippen LogP contribution in [0, 0.1) is 6.92 Å². The maximum atomic E-state index is 6.08. The Morgan fingerprint density at radius 3 is 2.79 bits per heavy atom. The van der Waals surface area contributed by atoms with Crippen LogP contribution >= 0.6 is 23.8 Å². The molecule has 100 valence electrons. The summed E-state index contributed by atoms with van der Waals surface area (Å²) in [6, 6.07) is 7.52. The fourth-order valence-electron chi connectivity index (χ4n) is 1.85. The Balaban J connectivity index is 2.25. The summed E-state index contributed by atoms with van der Waals surface area (Å²) in [4.78, 5) is 0.278. The molecule has 0 saturated heterocycles. The number of nitrogens with two attached hydrogens (primary N) is 1. The Morgan fingerprint density at radius 2 is 2.16 bits per heavy atom. The van der Waals surface area contributed by atoms with Crippen LogP contribution in [0.5, 0.6) is 5.88 Å². The van der Waals surface area contributed by atoms with Crippen LogP contribution in [0.4, 0.5) is 0 Å². The molecule has 0 atom stereocenters. The average Bonchev–Trinajstić information content (AvgIpc) is 2.63. The predicted molar refractivity (Wildman–Crippen MR) is 79.6 cm³/mol. The van der Waals surface area contributed by atoms with Crippen LogP contribution in [-0.2, 0) is 13.7 Å². The average molecular weight is 296 g/mol. The Morgan fingerprint density at radius 1 is 1.47 bits per heavy atom. The SMILES string of the molecule is Cc1nn(C)c(OCc2ccccc2Cl)c1C(N)=S. The maximum Gasteiger partial charge on any atom is 0.222 e. The number of rotatable bonds is 4. The van der Waals surface area contributed by atoms with Gasteiger partial charge in [-0.05, 0) is 13.0 Å². The molecule has 0 amide bonds. The summed E-state index contributed by atoms with van der Waals surface area (Å²) in [5, 5.41) is 4.92. The van der Waals surface area contributed by atoms with E-state index in [4.69, 9.17) is 34.3 Å². The molecule has 0 aliphatic rings. The standard InChI is InChI=1S/C13H14ClN3OS/c1-8-11(12(15)19)13(17(2)16-8)18-7-9-5-3-4-6-10(9)14/h3-6H,7H2,1-2H3,(H2,15,19). The van der Waals surface area contributed by atoms with E-state index in [0.29, 0.717) is 23.1 Å². The van der Waals surface area contributed by atoms with Gasteiger partial charge >= 0.3 is 0 Å². The summed E-state index contributed by atoms with van der Waals surface area (Å²) in [6.07, 6.45) is 0. The van der Waals surface area contributed by atoms with Gasteiger partial charge in [-0.3, -0.25) is 0 Å². The molecule has 2 N–H and O–H groups in total. The lowest BCUT2D eigenvalue weighted by Gasteiger charge is -2.09. The number of hydrogen-bond acceptors (Lipinski definition) is 3. The monoisotopic (exact) mass is 295 g/mol. The largest absolute Gasteiger partial charge is 0.472 e. The zero-order valence-corrected chi connectivity index (χ0v) is 12.3. The molecule has 19 heavy (non-hydrogen) atoms. The van der Waals surface area contributed by atoms with Crippen LogP contribution in [-0.4, -0.2) is 14.8 Å². The molecule has 0 aliphatic carbocycles. The second-order valence-corrected chi connectivity index (χ2v) is 4.98. The first-order chi connectivity index (χ1) is 9.00. The van der Waals surface area contributed by atoms with Crippen molar-refractivity contribution in [2.45, 2.75) is 13.5 Å². The zero-order chi connectivity index (χ0) is 14.0. The van der Waals surface area contributed by atoms with Crippen molar-refractivity contribution in [3.05, 3.63) is 46.1 Å². The molecular formula is C13H14ClN3OS. The van der Waals surface area contributed by atoms with E-state index in [1.807, 2.05) is 31.2 Å². The first kappa shape index (κ1) is 13.8. The predicted octanol–water partition coefficient (Wildman–Crippen LogP) is 2.60. The molecule has 6 heteroatoms. The quantitative estimate of drug-likeness (QED) is 0.881. The zero-order valence-electron chi connectivity index (χ0n) is 10.7. The minimum absolute atomic E-state index is 0.278. The Bertz CT molecular complexity index is 624. The molecule has 0 unspecified atom stereocenters. The van der Waals surface area contributed by atoms with E-state index >= 15 is 0 Å². The smallest absolute Gasteiger partial charge is 0.222 e. The highest BCUT2D eigenvalue weighted by Gasteiger charge is 2.17. The lowest BCUT2D eigenvalue weighted by molar-refractivity contribution is 0.278. The van der Waals surface area contributed by atoms with Gasteiger partial charge in [-0.25, -0.2) is 4.68 Å². The van der Waals surface area contributed by atoms with Gasteiger partial charge in [0, 0.05) is 17.6 Å². The highest BCUT2D eigenvalue weighted by Crippen LogP contribution is 2.23. The van der Waals surface area contributed by atoms with E-state index in [1.54, 1.807) is 11.7 Å². The third-order valence-corrected chi connectivity index (χ3v) is 3.31. The van der Waals surface area contributed by atoms with Crippen LogP contribution in [0.15, 0.2) is 24.3 Å². The molecule has 1 aromatic heterocycles. The number of nitrogens with zero attached hydrogens (tertiary/aromatic N) is 2. The van der Waals surface area contributed by atoms with Crippen LogP contribution in [0.25, 0.3) is 0 Å². The van der Waals surface area contributed by atoms with E-state index in [9.17, 15) is 0 Å². The van der Waals surface area contributed by atoms with E-state index in [2.05, 4.69) is 5.10 Å². The summed E-state index contributed by atoms with van der Waals surface area (Å²) >= 11 is 11.1. The summed E-state index contributed by atoms with van der Waals surface area (Å²) in [7, 11) is 1.79. The summed E-state index contributed by atoms with van der Waals surface area (Å²) < 4.78 is 7.39. The van der Waals surface area contributed by atoms with Crippen molar-refractivity contribution in [2.75, 3.05) is 0 Å². The lowest BCUT2D eigenvalue weighted by Crippen LogP contribution is -2.12. The topological polar surface area (TPSA) is 53.1 Å². The van der Waals surface area contributed by atoms with Gasteiger partial charge in [0.25, 0.3) is 0 Å². The molecular weight excluding hydrogens is 282 g/mol. The molecule has 0 bridgehead atoms. The van der Waals surface area contributed by atoms with Crippen LogP contribution in [0.1, 0.15) is 16.8 Å². The van der Waals surface area contributed by atoms with Crippen molar-refractivity contribution in [3.8, 4) is 5.88 Å². The third kappa shape index (κ3) is 2.88. The molecule has 0 aliphatic heterocycles. The number of halogens is 1. The van der Waals surface area contributed by atoms with Crippen molar-refractivity contribution in [2.24, 2.45) is 12.8 Å². The van der Waals surface area contributed by atoms with Gasteiger partial charge in [-0.2, -0.15) is 5.10 Å². The Kier molecular flexibility index (Phi) is 4.07. The van der Waals surface area contributed by atoms with Crippen molar-refractivity contribution in [3.63, 3.8) is 0 Å². The molecule has 1 heterocycles. The lowest BCUT2D eigenvalue weighted by atomic mass is 10.2. The fourth-order valence-corrected chi connectivity index (χ4v) is 2.27. The molecule has 2 aromatic rings. The normalized spacial score (nSPS) is 10.5. The summed E-state index contributed by atoms with van der Waals surface area (Å²) in [5.74, 6) is 0.560. The molecule has 0 fully saturated rings. The van der Waals surface area contributed by atoms with E-state index in [1.165, 1.54) is 0 Å². The summed E-state index contributed by atoms with van der Waals surface area (Å²) in [6.45, 7) is 2.19. The van der Waals surface area contributed by atoms with E-state index in [0.717, 1.165) is 11.3 Å². The Labute approximate surface area is 122 Å². The molecule has 1 aromatic carbocycles. The molecule has 0 radical (unpaired) electrons. The number of ether oxygens (including phenoxy) is 1. The van der Waals surface area contributed by atoms with Gasteiger partial charge in [0.2, 0.25) is 5.88 Å². The van der Waals surface area contributed by atoms with E-state index in [-0.39, 0.29) is 4.99 Å². The minimum Gasteiger partial charge on any atom is -0.472 e. The van der Waals surface area contributed by atoms with Crippen molar-refractivity contribution < 1.29 is 4.74 Å². The second-order valence-electron chi connectivity index (χ2n) is 4.13. The first-order valence-electron chi connectivity index (χ1n) is 5.70. The van der Waals surface area contributed by atoms with Crippen molar-refractivity contribution in [1.29, 1.82) is 0 Å². The van der Waals surface area contributed by atoms with Crippen LogP contribution in [0.2, 0.25) is 5.02 Å². The third-order valence-electron chi connectivity index (χ3n) is 2.74. The fraction of sp³-hybridized carbons (Fsp3) is 0.231. The van der Waals surface area contributed by atoms with E-state index < -0.39 is 0 Å². The molecule has 0 saturated carbocycles. The highest BCUT2D eigenvalue weighted by molar-refractivity contribution is 7.80. The van der Waals surface area contributed by atoms with Gasteiger partial charge in [0.1, 0.15) is 11.6 Å². The van der Waals surface area contributed by atoms with Crippen molar-refractivity contribution in [1.82, 2.24) is 9.78 Å². The number of aromatic nitrogens is 2. The van der Waals surface area contributed by atoms with Crippen LogP contribution in [0.3, 0.4) is 0 Å². The molecule has 0 spiro atoms. The van der Waals surface area contributed by atoms with Crippen LogP contribution < -0.4 is 10.5 Å². The van der Waals surface area contributed by atoms with Gasteiger partial charge in [-0.15, -0.1) is 0 Å². The molecule has 2 rings (SSSR count). The number of hydrogen-bond donors (Lipinski definition) is 1. The second kappa shape index (κ2) is 5.59. The van der Waals surface area contributed by atoms with Gasteiger partial charge in [0.15, 0.2) is 0 Å². The maximum absolute atomic E-state index is 6.08. The van der Waals surface area contributed by atoms with Gasteiger partial charge < -0.3 is 10.5 Å². The molecule has 4 nitrogen and oxygen atoms in total. The highest BCUT2D eigenvalue weighted by atomic mass is 35.5. The Hall–Kier alpha value is -1.59. The summed E-state index contributed by atoms with van der Waals surface area (Å²) in [5.41, 5.74) is 8.02. The van der Waals surface area contributed by atoms with Crippen molar-refractivity contribution >= 4 is 28.8 Å². The first-order valence-corrected chi connectivity index (χ1v) is 6.49. The number of aryl methyl sites for hydroxylation is 2. The van der Waals surface area contributed by atoms with Gasteiger partial charge in [-0.1, -0.05) is 42.0 Å².